The average molecular weight is 262 g/mol. The van der Waals surface area contributed by atoms with Gasteiger partial charge < -0.3 is 5.32 Å². The summed E-state index contributed by atoms with van der Waals surface area (Å²) >= 11 is 5.88. The van der Waals surface area contributed by atoms with Crippen molar-refractivity contribution in [3.05, 3.63) is 46.2 Å². The molecular formula is C14H16ClN3. The fourth-order valence-corrected chi connectivity index (χ4v) is 2.03. The van der Waals surface area contributed by atoms with E-state index in [1.165, 1.54) is 0 Å². The molecule has 0 bridgehead atoms. The zero-order valence-electron chi connectivity index (χ0n) is 10.8. The Morgan fingerprint density at radius 1 is 1.06 bits per heavy atom. The van der Waals surface area contributed by atoms with Gasteiger partial charge in [0.05, 0.1) is 0 Å². The number of hydrogen-bond acceptors (Lipinski definition) is 3. The van der Waals surface area contributed by atoms with E-state index in [0.717, 1.165) is 39.9 Å². The molecule has 0 amide bonds. The van der Waals surface area contributed by atoms with E-state index < -0.39 is 0 Å². The van der Waals surface area contributed by atoms with Crippen LogP contribution >= 0.6 is 11.6 Å². The van der Waals surface area contributed by atoms with Crippen molar-refractivity contribution < 1.29 is 0 Å². The predicted octanol–water partition coefficient (Wildman–Crippen LogP) is 3.13. The lowest BCUT2D eigenvalue weighted by molar-refractivity contribution is 0.787. The quantitative estimate of drug-likeness (QED) is 0.922. The first-order valence-electron chi connectivity index (χ1n) is 5.86. The van der Waals surface area contributed by atoms with Crippen molar-refractivity contribution in [1.82, 2.24) is 15.3 Å². The van der Waals surface area contributed by atoms with E-state index in [1.807, 2.05) is 45.2 Å². The van der Waals surface area contributed by atoms with Crippen LogP contribution < -0.4 is 5.32 Å². The van der Waals surface area contributed by atoms with Crippen LogP contribution in [0.25, 0.3) is 11.4 Å². The van der Waals surface area contributed by atoms with E-state index in [4.69, 9.17) is 11.6 Å². The Balaban J connectivity index is 2.44. The monoisotopic (exact) mass is 261 g/mol. The molecule has 1 N–H and O–H groups in total. The maximum atomic E-state index is 5.88. The molecule has 1 aromatic carbocycles. The third-order valence-corrected chi connectivity index (χ3v) is 3.13. The molecule has 0 saturated carbocycles. The van der Waals surface area contributed by atoms with Crippen LogP contribution in [0.5, 0.6) is 0 Å². The van der Waals surface area contributed by atoms with E-state index in [9.17, 15) is 0 Å². The van der Waals surface area contributed by atoms with Gasteiger partial charge in [0.25, 0.3) is 0 Å². The molecule has 0 aliphatic heterocycles. The van der Waals surface area contributed by atoms with E-state index >= 15 is 0 Å². The molecular weight excluding hydrogens is 246 g/mol. The van der Waals surface area contributed by atoms with Gasteiger partial charge in [-0.25, -0.2) is 9.97 Å². The van der Waals surface area contributed by atoms with Gasteiger partial charge in [0.2, 0.25) is 0 Å². The van der Waals surface area contributed by atoms with Gasteiger partial charge in [0.1, 0.15) is 0 Å². The second-order valence-corrected chi connectivity index (χ2v) is 4.67. The van der Waals surface area contributed by atoms with Crippen molar-refractivity contribution in [1.29, 1.82) is 0 Å². The molecule has 2 aromatic rings. The standard InChI is InChI=1S/C14H16ClN3/c1-9-13(8-16-3)10(2)18-14(17-9)11-4-6-12(15)7-5-11/h4-7,16H,8H2,1-3H3. The summed E-state index contributed by atoms with van der Waals surface area (Å²) in [6, 6.07) is 7.58. The smallest absolute Gasteiger partial charge is 0.159 e. The summed E-state index contributed by atoms with van der Waals surface area (Å²) < 4.78 is 0. The fourth-order valence-electron chi connectivity index (χ4n) is 1.90. The highest BCUT2D eigenvalue weighted by Crippen LogP contribution is 2.20. The summed E-state index contributed by atoms with van der Waals surface area (Å²) in [6.45, 7) is 4.82. The minimum Gasteiger partial charge on any atom is -0.316 e. The minimum atomic E-state index is 0.721. The molecule has 0 saturated heterocycles. The second-order valence-electron chi connectivity index (χ2n) is 4.23. The third-order valence-electron chi connectivity index (χ3n) is 2.88. The van der Waals surface area contributed by atoms with E-state index in [0.29, 0.717) is 0 Å². The molecule has 1 heterocycles. The van der Waals surface area contributed by atoms with Crippen LogP contribution in [-0.4, -0.2) is 17.0 Å². The van der Waals surface area contributed by atoms with Crippen molar-refractivity contribution in [2.45, 2.75) is 20.4 Å². The molecule has 0 spiro atoms. The highest BCUT2D eigenvalue weighted by Gasteiger charge is 2.09. The molecule has 0 fully saturated rings. The Bertz CT molecular complexity index is 526. The van der Waals surface area contributed by atoms with Crippen LogP contribution in [0.1, 0.15) is 17.0 Å². The molecule has 0 atom stereocenters. The van der Waals surface area contributed by atoms with Crippen LogP contribution in [-0.2, 0) is 6.54 Å². The SMILES string of the molecule is CNCc1c(C)nc(-c2ccc(Cl)cc2)nc1C. The Morgan fingerprint density at radius 2 is 1.61 bits per heavy atom. The Kier molecular flexibility index (Phi) is 3.94. The largest absolute Gasteiger partial charge is 0.316 e. The number of hydrogen-bond donors (Lipinski definition) is 1. The first kappa shape index (κ1) is 13.0. The van der Waals surface area contributed by atoms with Gasteiger partial charge >= 0.3 is 0 Å². The zero-order valence-corrected chi connectivity index (χ0v) is 11.5. The fraction of sp³-hybridized carbons (Fsp3) is 0.286. The highest BCUT2D eigenvalue weighted by atomic mass is 35.5. The first-order valence-corrected chi connectivity index (χ1v) is 6.24. The predicted molar refractivity (Wildman–Crippen MR) is 74.7 cm³/mol. The van der Waals surface area contributed by atoms with E-state index in [-0.39, 0.29) is 0 Å². The van der Waals surface area contributed by atoms with E-state index in [2.05, 4.69) is 15.3 Å². The van der Waals surface area contributed by atoms with Gasteiger partial charge in [0.15, 0.2) is 5.82 Å². The zero-order chi connectivity index (χ0) is 13.1. The molecule has 1 aromatic heterocycles. The lowest BCUT2D eigenvalue weighted by atomic mass is 10.1. The normalized spacial score (nSPS) is 10.7. The number of halogens is 1. The van der Waals surface area contributed by atoms with Crippen LogP contribution in [0.3, 0.4) is 0 Å². The van der Waals surface area contributed by atoms with Crippen LogP contribution in [0, 0.1) is 13.8 Å². The average Bonchev–Trinajstić information content (AvgIpc) is 2.34. The summed E-state index contributed by atoms with van der Waals surface area (Å²) in [5.41, 5.74) is 4.18. The molecule has 0 radical (unpaired) electrons. The molecule has 3 nitrogen and oxygen atoms in total. The molecule has 0 aliphatic rings. The van der Waals surface area contributed by atoms with Crippen molar-refractivity contribution >= 4 is 11.6 Å². The van der Waals surface area contributed by atoms with Gasteiger partial charge in [-0.05, 0) is 45.2 Å². The van der Waals surface area contributed by atoms with Crippen LogP contribution in [0.2, 0.25) is 5.02 Å². The van der Waals surface area contributed by atoms with Crippen molar-refractivity contribution in [2.75, 3.05) is 7.05 Å². The Morgan fingerprint density at radius 3 is 2.11 bits per heavy atom. The summed E-state index contributed by atoms with van der Waals surface area (Å²) in [5.74, 6) is 0.751. The molecule has 94 valence electrons. The minimum absolute atomic E-state index is 0.721. The van der Waals surface area contributed by atoms with Gasteiger partial charge in [0, 0.05) is 34.1 Å². The maximum absolute atomic E-state index is 5.88. The maximum Gasteiger partial charge on any atom is 0.159 e. The van der Waals surface area contributed by atoms with Gasteiger partial charge in [-0.2, -0.15) is 0 Å². The summed E-state index contributed by atoms with van der Waals surface area (Å²) in [7, 11) is 1.92. The molecule has 18 heavy (non-hydrogen) atoms. The third kappa shape index (κ3) is 2.68. The number of aromatic nitrogens is 2. The lowest BCUT2D eigenvalue weighted by Crippen LogP contribution is -2.11. The summed E-state index contributed by atoms with van der Waals surface area (Å²) in [6.07, 6.45) is 0. The van der Waals surface area contributed by atoms with Crippen LogP contribution in [0.15, 0.2) is 24.3 Å². The first-order chi connectivity index (χ1) is 8.61. The van der Waals surface area contributed by atoms with Gasteiger partial charge in [-0.1, -0.05) is 11.6 Å². The molecule has 4 heteroatoms. The van der Waals surface area contributed by atoms with Crippen LogP contribution in [0.4, 0.5) is 0 Å². The van der Waals surface area contributed by atoms with Crippen molar-refractivity contribution in [2.24, 2.45) is 0 Å². The molecule has 0 aliphatic carbocycles. The Hall–Kier alpha value is -1.45. The lowest BCUT2D eigenvalue weighted by Gasteiger charge is -2.10. The topological polar surface area (TPSA) is 37.8 Å². The molecule has 2 rings (SSSR count). The number of aryl methyl sites for hydroxylation is 2. The van der Waals surface area contributed by atoms with Gasteiger partial charge in [-0.15, -0.1) is 0 Å². The van der Waals surface area contributed by atoms with Crippen molar-refractivity contribution in [3.8, 4) is 11.4 Å². The number of benzene rings is 1. The summed E-state index contributed by atoms with van der Waals surface area (Å²) in [4.78, 5) is 9.12. The van der Waals surface area contributed by atoms with Gasteiger partial charge in [-0.3, -0.25) is 0 Å². The van der Waals surface area contributed by atoms with Crippen molar-refractivity contribution in [3.63, 3.8) is 0 Å². The Labute approximate surface area is 112 Å². The molecule has 0 unspecified atom stereocenters. The van der Waals surface area contributed by atoms with E-state index in [1.54, 1.807) is 0 Å². The number of nitrogens with zero attached hydrogens (tertiary/aromatic N) is 2. The number of rotatable bonds is 3. The second kappa shape index (κ2) is 5.46. The highest BCUT2D eigenvalue weighted by molar-refractivity contribution is 6.30. The summed E-state index contributed by atoms with van der Waals surface area (Å²) in [5, 5.41) is 3.86. The number of nitrogens with one attached hydrogen (secondary N) is 1.